The lowest BCUT2D eigenvalue weighted by Crippen LogP contribution is -2.35. The molecule has 0 spiro atoms. The van der Waals surface area contributed by atoms with Gasteiger partial charge in [0.05, 0.1) is 38.3 Å². The Hall–Kier alpha value is -3.59. The highest BCUT2D eigenvalue weighted by Crippen LogP contribution is 2.40. The van der Waals surface area contributed by atoms with Gasteiger partial charge in [0, 0.05) is 28.5 Å². The van der Waals surface area contributed by atoms with Gasteiger partial charge < -0.3 is 18.9 Å². The number of fused-ring (bicyclic) bond motifs is 4. The molecule has 0 radical (unpaired) electrons. The average Bonchev–Trinajstić information content (AvgIpc) is 3.30. The number of esters is 1. The van der Waals surface area contributed by atoms with E-state index in [1.54, 1.807) is 12.1 Å². The molecule has 3 aromatic carbocycles. The number of halogens is 1. The Bertz CT molecular complexity index is 1630. The van der Waals surface area contributed by atoms with Gasteiger partial charge in [0.15, 0.2) is 0 Å². The maximum absolute atomic E-state index is 15.2. The van der Waals surface area contributed by atoms with Crippen LogP contribution in [-0.4, -0.2) is 46.2 Å². The predicted molar refractivity (Wildman–Crippen MR) is 161 cm³/mol. The lowest BCUT2D eigenvalue weighted by atomic mass is 9.85. The van der Waals surface area contributed by atoms with E-state index in [2.05, 4.69) is 13.0 Å². The fourth-order valence-corrected chi connectivity index (χ4v) is 8.03. The smallest absolute Gasteiger partial charge is 0.306 e. The zero-order valence-electron chi connectivity index (χ0n) is 24.6. The highest BCUT2D eigenvalue weighted by molar-refractivity contribution is 7.91. The average molecular weight is 609 g/mol. The van der Waals surface area contributed by atoms with Crippen LogP contribution in [0.3, 0.4) is 0 Å². The van der Waals surface area contributed by atoms with Crippen molar-refractivity contribution in [2.75, 3.05) is 31.8 Å². The molecule has 3 aromatic rings. The summed E-state index contributed by atoms with van der Waals surface area (Å²) in [5.74, 6) is 1.82. The third-order valence-corrected chi connectivity index (χ3v) is 10.7. The number of hydrogen-bond donors (Lipinski definition) is 0. The summed E-state index contributed by atoms with van der Waals surface area (Å²) >= 11 is 0. The number of aryl methyl sites for hydroxylation is 2. The SMILES string of the molecule is COC(=O)C[C@@H]1COc2cc(OCc3cc4c(cc3F)CCCc3cc(OCC5(C)CCS(=O)(=O)CC5)ccc3-4)ccc21. The maximum atomic E-state index is 15.2. The van der Waals surface area contributed by atoms with Crippen LogP contribution >= 0.6 is 0 Å². The van der Waals surface area contributed by atoms with Gasteiger partial charge in [-0.1, -0.05) is 19.1 Å². The van der Waals surface area contributed by atoms with E-state index in [4.69, 9.17) is 18.9 Å². The molecule has 1 fully saturated rings. The molecular weight excluding hydrogens is 571 g/mol. The van der Waals surface area contributed by atoms with Crippen LogP contribution in [-0.2, 0) is 38.8 Å². The number of methoxy groups -OCH3 is 1. The van der Waals surface area contributed by atoms with Gasteiger partial charge in [-0.25, -0.2) is 12.8 Å². The van der Waals surface area contributed by atoms with Crippen LogP contribution in [0.5, 0.6) is 17.2 Å². The molecule has 0 aromatic heterocycles. The monoisotopic (exact) mass is 608 g/mol. The van der Waals surface area contributed by atoms with E-state index in [0.717, 1.165) is 52.8 Å². The van der Waals surface area contributed by atoms with Crippen LogP contribution in [0.1, 0.15) is 60.8 Å². The van der Waals surface area contributed by atoms with Crippen molar-refractivity contribution in [3.05, 3.63) is 76.6 Å². The van der Waals surface area contributed by atoms with Gasteiger partial charge in [0.25, 0.3) is 0 Å². The molecule has 0 bridgehead atoms. The van der Waals surface area contributed by atoms with Gasteiger partial charge in [-0.15, -0.1) is 0 Å². The summed E-state index contributed by atoms with van der Waals surface area (Å²) in [6.45, 7) is 3.04. The van der Waals surface area contributed by atoms with Crippen molar-refractivity contribution in [3.63, 3.8) is 0 Å². The first-order valence-corrected chi connectivity index (χ1v) is 16.7. The largest absolute Gasteiger partial charge is 0.493 e. The summed E-state index contributed by atoms with van der Waals surface area (Å²) in [7, 11) is -1.55. The van der Waals surface area contributed by atoms with E-state index in [1.165, 1.54) is 7.11 Å². The van der Waals surface area contributed by atoms with Crippen molar-refractivity contribution in [1.82, 2.24) is 0 Å². The third kappa shape index (κ3) is 6.51. The third-order valence-electron chi connectivity index (χ3n) is 9.05. The highest BCUT2D eigenvalue weighted by atomic mass is 32.2. The topological polar surface area (TPSA) is 88.1 Å². The van der Waals surface area contributed by atoms with Crippen molar-refractivity contribution < 1.29 is 36.6 Å². The Morgan fingerprint density at radius 3 is 2.47 bits per heavy atom. The van der Waals surface area contributed by atoms with Crippen LogP contribution in [0, 0.1) is 11.2 Å². The molecular formula is C34H37FO7S. The zero-order valence-corrected chi connectivity index (χ0v) is 25.4. The van der Waals surface area contributed by atoms with E-state index >= 15 is 4.39 Å². The predicted octanol–water partition coefficient (Wildman–Crippen LogP) is 6.19. The zero-order chi connectivity index (χ0) is 30.2. The Morgan fingerprint density at radius 1 is 0.977 bits per heavy atom. The number of carbonyl (C=O) groups is 1. The van der Waals surface area contributed by atoms with E-state index in [-0.39, 0.29) is 47.7 Å². The number of carbonyl (C=O) groups excluding carboxylic acids is 1. The van der Waals surface area contributed by atoms with Crippen LogP contribution < -0.4 is 14.2 Å². The molecule has 7 nitrogen and oxygen atoms in total. The molecule has 228 valence electrons. The lowest BCUT2D eigenvalue weighted by Gasteiger charge is -2.33. The minimum absolute atomic E-state index is 0.0568. The van der Waals surface area contributed by atoms with Gasteiger partial charge in [-0.05, 0) is 84.7 Å². The molecule has 1 atom stereocenters. The summed E-state index contributed by atoms with van der Waals surface area (Å²) in [4.78, 5) is 11.7. The second-order valence-electron chi connectivity index (χ2n) is 12.3. The van der Waals surface area contributed by atoms with Crippen LogP contribution in [0.4, 0.5) is 4.39 Å². The summed E-state index contributed by atoms with van der Waals surface area (Å²) in [6.07, 6.45) is 4.01. The fourth-order valence-electron chi connectivity index (χ4n) is 6.22. The Labute approximate surface area is 252 Å². The molecule has 1 aliphatic carbocycles. The fraction of sp³-hybridized carbons (Fsp3) is 0.441. The maximum Gasteiger partial charge on any atom is 0.306 e. The number of sulfone groups is 1. The van der Waals surface area contributed by atoms with E-state index < -0.39 is 9.84 Å². The van der Waals surface area contributed by atoms with Crippen LogP contribution in [0.15, 0.2) is 48.5 Å². The first kappa shape index (κ1) is 29.5. The number of ether oxygens (including phenoxy) is 4. The van der Waals surface area contributed by atoms with E-state index in [9.17, 15) is 13.2 Å². The molecule has 6 rings (SSSR count). The standard InChI is InChI=1S/C34H37FO7S/c1-34(10-12-43(37,38)13-11-34)21-42-26-6-8-28-22(14-26)4-3-5-23-16-31(35)25(15-30(23)28)20-40-27-7-9-29-24(17-33(36)39-2)19-41-32(29)18-27/h6-9,14-16,18,24H,3-5,10-13,17,19-21H2,1-2H3/t24-/m1/s1. The van der Waals surface area contributed by atoms with Gasteiger partial charge in [-0.3, -0.25) is 4.79 Å². The van der Waals surface area contributed by atoms with Crippen LogP contribution in [0.25, 0.3) is 11.1 Å². The molecule has 1 saturated heterocycles. The van der Waals surface area contributed by atoms with Crippen molar-refractivity contribution >= 4 is 15.8 Å². The minimum Gasteiger partial charge on any atom is -0.493 e. The van der Waals surface area contributed by atoms with Crippen molar-refractivity contribution in [1.29, 1.82) is 0 Å². The Morgan fingerprint density at radius 2 is 1.70 bits per heavy atom. The van der Waals surface area contributed by atoms with Crippen LogP contribution in [0.2, 0.25) is 0 Å². The first-order chi connectivity index (χ1) is 20.6. The quantitative estimate of drug-likeness (QED) is 0.282. The van der Waals surface area contributed by atoms with Gasteiger partial charge >= 0.3 is 5.97 Å². The lowest BCUT2D eigenvalue weighted by molar-refractivity contribution is -0.141. The summed E-state index contributed by atoms with van der Waals surface area (Å²) < 4.78 is 61.7. The molecule has 0 N–H and O–H groups in total. The summed E-state index contributed by atoms with van der Waals surface area (Å²) in [5.41, 5.74) is 5.46. The normalized spacial score (nSPS) is 19.7. The van der Waals surface area contributed by atoms with Crippen molar-refractivity contribution in [3.8, 4) is 28.4 Å². The molecule has 3 aliphatic rings. The molecule has 0 unspecified atom stereocenters. The summed E-state index contributed by atoms with van der Waals surface area (Å²) in [6, 6.07) is 15.1. The van der Waals surface area contributed by atoms with E-state index in [1.807, 2.05) is 30.3 Å². The van der Waals surface area contributed by atoms with Crippen molar-refractivity contribution in [2.45, 2.75) is 58.0 Å². The number of benzene rings is 3. The number of rotatable bonds is 8. The molecule has 2 aliphatic heterocycles. The highest BCUT2D eigenvalue weighted by Gasteiger charge is 2.34. The molecule has 0 saturated carbocycles. The van der Waals surface area contributed by atoms with Gasteiger partial charge in [0.2, 0.25) is 0 Å². The van der Waals surface area contributed by atoms with Gasteiger partial charge in [-0.2, -0.15) is 0 Å². The van der Waals surface area contributed by atoms with Crippen molar-refractivity contribution in [2.24, 2.45) is 5.41 Å². The first-order valence-electron chi connectivity index (χ1n) is 14.9. The van der Waals surface area contributed by atoms with Gasteiger partial charge in [0.1, 0.15) is 39.5 Å². The molecule has 0 amide bonds. The van der Waals surface area contributed by atoms with E-state index in [0.29, 0.717) is 43.1 Å². The minimum atomic E-state index is -2.93. The second-order valence-corrected chi connectivity index (χ2v) is 14.6. The second kappa shape index (κ2) is 11.8. The summed E-state index contributed by atoms with van der Waals surface area (Å²) in [5, 5.41) is 0. The Kier molecular flexibility index (Phi) is 8.11. The number of hydrogen-bond acceptors (Lipinski definition) is 7. The Balaban J connectivity index is 1.16. The molecule has 43 heavy (non-hydrogen) atoms. The molecule has 2 heterocycles. The molecule has 9 heteroatoms.